The number of anilines is 2. The molecule has 0 spiro atoms. The minimum Gasteiger partial charge on any atom is -0.379 e. The van der Waals surface area contributed by atoms with Crippen molar-refractivity contribution < 1.29 is 4.39 Å². The quantitative estimate of drug-likeness (QED) is 0.295. The van der Waals surface area contributed by atoms with Gasteiger partial charge in [-0.25, -0.2) is 9.07 Å². The second-order valence-electron chi connectivity index (χ2n) is 10.8. The van der Waals surface area contributed by atoms with Crippen LogP contribution in [0.2, 0.25) is 5.02 Å². The zero-order chi connectivity index (χ0) is 27.1. The number of nitrogens with one attached hydrogen (secondary N) is 2. The maximum Gasteiger partial charge on any atom is 0.148 e. The van der Waals surface area contributed by atoms with Crippen LogP contribution in [0, 0.1) is 17.1 Å². The number of nitriles is 1. The van der Waals surface area contributed by atoms with Gasteiger partial charge in [0.15, 0.2) is 0 Å². The summed E-state index contributed by atoms with van der Waals surface area (Å²) in [7, 11) is 1.99. The lowest BCUT2D eigenvalue weighted by atomic mass is 9.69. The molecule has 3 atom stereocenters. The molecular formula is C28H29BClFN8. The van der Waals surface area contributed by atoms with Crippen LogP contribution in [0.15, 0.2) is 48.8 Å². The highest BCUT2D eigenvalue weighted by Gasteiger charge is 2.35. The molecule has 0 radical (unpaired) electrons. The number of pyridine rings is 1. The normalized spacial score (nSPS) is 20.8. The zero-order valence-electron chi connectivity index (χ0n) is 21.7. The van der Waals surface area contributed by atoms with Gasteiger partial charge in [-0.2, -0.15) is 5.26 Å². The molecule has 2 heterocycles. The van der Waals surface area contributed by atoms with E-state index in [9.17, 15) is 9.65 Å². The number of rotatable bonds is 7. The highest BCUT2D eigenvalue weighted by atomic mass is 35.5. The summed E-state index contributed by atoms with van der Waals surface area (Å²) in [6.45, 7) is 0. The summed E-state index contributed by atoms with van der Waals surface area (Å²) in [5, 5.41) is 27.1. The van der Waals surface area contributed by atoms with Gasteiger partial charge in [-0.3, -0.25) is 4.98 Å². The van der Waals surface area contributed by atoms with Crippen molar-refractivity contribution >= 4 is 41.7 Å². The van der Waals surface area contributed by atoms with Crippen molar-refractivity contribution in [2.75, 3.05) is 10.6 Å². The van der Waals surface area contributed by atoms with E-state index in [1.165, 1.54) is 12.1 Å². The average molecular weight is 543 g/mol. The SMILES string of the molecule is BC(Nc1cc(Cl)c2ncc(C#N)c(N[C@H]3CCCC[C@H]3N)c2c1)(c1ccc(F)cc1)c1cn(C2CC2)nn1. The van der Waals surface area contributed by atoms with E-state index in [0.29, 0.717) is 39.2 Å². The molecule has 2 fully saturated rings. The number of hydrogen-bond acceptors (Lipinski definition) is 7. The van der Waals surface area contributed by atoms with Crippen molar-refractivity contribution in [3.8, 4) is 6.07 Å². The van der Waals surface area contributed by atoms with Crippen molar-refractivity contribution in [2.45, 2.75) is 62.1 Å². The van der Waals surface area contributed by atoms with E-state index >= 15 is 0 Å². The average Bonchev–Trinajstić information content (AvgIpc) is 3.66. The number of hydrogen-bond donors (Lipinski definition) is 3. The van der Waals surface area contributed by atoms with E-state index < -0.39 is 5.44 Å². The van der Waals surface area contributed by atoms with Crippen LogP contribution in [0.4, 0.5) is 15.8 Å². The Hall–Kier alpha value is -3.68. The van der Waals surface area contributed by atoms with Crippen molar-refractivity contribution in [3.05, 3.63) is 76.5 Å². The molecule has 4 aromatic rings. The third kappa shape index (κ3) is 4.93. The molecule has 1 unspecified atom stereocenters. The topological polar surface area (TPSA) is 117 Å². The minimum absolute atomic E-state index is 0.00105. The van der Waals surface area contributed by atoms with Gasteiger partial charge in [0.25, 0.3) is 0 Å². The van der Waals surface area contributed by atoms with E-state index in [4.69, 9.17) is 17.3 Å². The summed E-state index contributed by atoms with van der Waals surface area (Å²) < 4.78 is 15.8. The molecular weight excluding hydrogens is 514 g/mol. The molecule has 0 bridgehead atoms. The maximum atomic E-state index is 13.9. The van der Waals surface area contributed by atoms with Gasteiger partial charge >= 0.3 is 0 Å². The molecule has 4 N–H and O–H groups in total. The molecule has 8 nitrogen and oxygen atoms in total. The monoisotopic (exact) mass is 542 g/mol. The summed E-state index contributed by atoms with van der Waals surface area (Å²) in [5.74, 6) is -0.316. The summed E-state index contributed by atoms with van der Waals surface area (Å²) in [4.78, 5) is 4.50. The van der Waals surface area contributed by atoms with Crippen LogP contribution in [-0.2, 0) is 5.44 Å². The van der Waals surface area contributed by atoms with Crippen molar-refractivity contribution in [3.63, 3.8) is 0 Å². The lowest BCUT2D eigenvalue weighted by Gasteiger charge is -2.32. The predicted molar refractivity (Wildman–Crippen MR) is 153 cm³/mol. The zero-order valence-corrected chi connectivity index (χ0v) is 22.4. The smallest absolute Gasteiger partial charge is 0.148 e. The van der Waals surface area contributed by atoms with Crippen molar-refractivity contribution in [2.24, 2.45) is 5.73 Å². The molecule has 0 aliphatic heterocycles. The molecule has 2 aliphatic rings. The molecule has 0 amide bonds. The van der Waals surface area contributed by atoms with Gasteiger partial charge in [0, 0.05) is 29.4 Å². The first-order valence-corrected chi connectivity index (χ1v) is 13.7. The largest absolute Gasteiger partial charge is 0.379 e. The fourth-order valence-corrected chi connectivity index (χ4v) is 5.74. The standard InChI is InChI=1S/C28H29BClFN8/c29-28(17-5-7-18(31)8-6-17,25-15-39(38-37-25)20-9-10-20)36-19-11-21-26(35-24-4-2-1-3-23(24)33)16(13-32)14-34-27(21)22(30)12-19/h5-8,11-12,14-15,20,23-24,36H,1-4,9-10,29,33H2,(H,34,35)/t23-,24+,28?/m1/s1. The second-order valence-corrected chi connectivity index (χ2v) is 11.2. The molecule has 2 saturated carbocycles. The predicted octanol–water partition coefficient (Wildman–Crippen LogP) is 4.45. The second kappa shape index (κ2) is 10.1. The van der Waals surface area contributed by atoms with Gasteiger partial charge in [0.1, 0.15) is 25.4 Å². The Balaban J connectivity index is 1.45. The Morgan fingerprint density at radius 1 is 1.15 bits per heavy atom. The minimum atomic E-state index is -0.850. The first-order chi connectivity index (χ1) is 18.9. The molecule has 11 heteroatoms. The highest BCUT2D eigenvalue weighted by molar-refractivity contribution is 6.36. The fraction of sp³-hybridized carbons (Fsp3) is 0.357. The maximum absolute atomic E-state index is 13.9. The van der Waals surface area contributed by atoms with E-state index in [1.807, 2.05) is 30.9 Å². The molecule has 2 aromatic carbocycles. The fourth-order valence-electron chi connectivity index (χ4n) is 5.48. The van der Waals surface area contributed by atoms with E-state index in [2.05, 4.69) is 32.0 Å². The first-order valence-electron chi connectivity index (χ1n) is 13.4. The first kappa shape index (κ1) is 25.6. The molecule has 6 rings (SSSR count). The van der Waals surface area contributed by atoms with Crippen LogP contribution in [0.3, 0.4) is 0 Å². The van der Waals surface area contributed by atoms with Crippen LogP contribution in [0.1, 0.15) is 61.4 Å². The Morgan fingerprint density at radius 2 is 1.92 bits per heavy atom. The third-order valence-electron chi connectivity index (χ3n) is 7.95. The molecule has 39 heavy (non-hydrogen) atoms. The van der Waals surface area contributed by atoms with Gasteiger partial charge in [-0.15, -0.1) is 5.10 Å². The third-order valence-corrected chi connectivity index (χ3v) is 8.24. The van der Waals surface area contributed by atoms with Crippen LogP contribution in [0.5, 0.6) is 0 Å². The lowest BCUT2D eigenvalue weighted by Crippen LogP contribution is -2.42. The van der Waals surface area contributed by atoms with E-state index in [-0.39, 0.29) is 17.9 Å². The Labute approximate surface area is 232 Å². The van der Waals surface area contributed by atoms with E-state index in [0.717, 1.165) is 49.5 Å². The van der Waals surface area contributed by atoms with Crippen molar-refractivity contribution in [1.82, 2.24) is 20.0 Å². The van der Waals surface area contributed by atoms with Gasteiger partial charge in [-0.1, -0.05) is 41.8 Å². The number of fused-ring (bicyclic) bond motifs is 1. The van der Waals surface area contributed by atoms with Crippen LogP contribution in [0.25, 0.3) is 10.9 Å². The summed E-state index contributed by atoms with van der Waals surface area (Å²) >= 11 is 6.78. The summed E-state index contributed by atoms with van der Waals surface area (Å²) in [6, 6.07) is 12.8. The number of benzene rings is 2. The van der Waals surface area contributed by atoms with Gasteiger partial charge in [0.2, 0.25) is 0 Å². The van der Waals surface area contributed by atoms with Crippen molar-refractivity contribution in [1.29, 1.82) is 5.26 Å². The number of nitrogens with two attached hydrogens (primary N) is 1. The van der Waals surface area contributed by atoms with Crippen LogP contribution >= 0.6 is 11.6 Å². The molecule has 0 saturated heterocycles. The summed E-state index contributed by atoms with van der Waals surface area (Å²) in [5.41, 5.74) is 9.51. The van der Waals surface area contributed by atoms with Gasteiger partial charge in [-0.05, 0) is 55.5 Å². The van der Waals surface area contributed by atoms with Crippen LogP contribution < -0.4 is 16.4 Å². The number of nitrogens with zero attached hydrogens (tertiary/aromatic N) is 5. The Morgan fingerprint density at radius 3 is 2.64 bits per heavy atom. The van der Waals surface area contributed by atoms with Gasteiger partial charge < -0.3 is 16.4 Å². The highest BCUT2D eigenvalue weighted by Crippen LogP contribution is 2.39. The molecule has 198 valence electrons. The number of halogens is 2. The Kier molecular flexibility index (Phi) is 6.65. The Bertz CT molecular complexity index is 1560. The molecule has 2 aliphatic carbocycles. The van der Waals surface area contributed by atoms with E-state index in [1.54, 1.807) is 18.3 Å². The lowest BCUT2D eigenvalue weighted by molar-refractivity contribution is 0.404. The number of aromatic nitrogens is 4. The molecule has 2 aromatic heterocycles. The summed E-state index contributed by atoms with van der Waals surface area (Å²) in [6.07, 6.45) is 9.72. The van der Waals surface area contributed by atoms with Crippen LogP contribution in [-0.4, -0.2) is 39.9 Å². The van der Waals surface area contributed by atoms with Gasteiger partial charge in [0.05, 0.1) is 39.5 Å².